The van der Waals surface area contributed by atoms with E-state index >= 15 is 0 Å². The van der Waals surface area contributed by atoms with E-state index < -0.39 is 11.7 Å². The molecule has 158 valence electrons. The van der Waals surface area contributed by atoms with Crippen LogP contribution in [0.1, 0.15) is 32.9 Å². The standard InChI is InChI=1S/C22H20FN5O3/c1-14-6-3-4-7-16(14)11-28-13-24-22(26-28)25-21(29)20-19(15(2)31-27-20)12-30-18-9-5-8-17(23)10-18/h3-10,13H,11-12H2,1-2H3,(H,25,26,29). The van der Waals surface area contributed by atoms with Crippen molar-refractivity contribution in [2.24, 2.45) is 0 Å². The van der Waals surface area contributed by atoms with E-state index in [0.29, 0.717) is 23.6 Å². The highest BCUT2D eigenvalue weighted by Crippen LogP contribution is 2.19. The monoisotopic (exact) mass is 421 g/mol. The van der Waals surface area contributed by atoms with Crippen LogP contribution < -0.4 is 10.1 Å². The summed E-state index contributed by atoms with van der Waals surface area (Å²) >= 11 is 0. The van der Waals surface area contributed by atoms with Crippen LogP contribution in [0.25, 0.3) is 0 Å². The first-order valence-electron chi connectivity index (χ1n) is 9.58. The average Bonchev–Trinajstić information content (AvgIpc) is 3.34. The molecule has 0 aliphatic rings. The summed E-state index contributed by atoms with van der Waals surface area (Å²) in [7, 11) is 0. The van der Waals surface area contributed by atoms with Crippen LogP contribution in [0.4, 0.5) is 10.3 Å². The molecule has 2 heterocycles. The third-order valence-corrected chi connectivity index (χ3v) is 4.73. The summed E-state index contributed by atoms with van der Waals surface area (Å²) in [6, 6.07) is 13.7. The van der Waals surface area contributed by atoms with Crippen LogP contribution >= 0.6 is 0 Å². The minimum atomic E-state index is -0.525. The lowest BCUT2D eigenvalue weighted by Gasteiger charge is -2.06. The number of benzene rings is 2. The molecule has 0 bridgehead atoms. The van der Waals surface area contributed by atoms with Crippen molar-refractivity contribution in [1.29, 1.82) is 0 Å². The number of ether oxygens (including phenoxy) is 1. The molecule has 4 aromatic rings. The van der Waals surface area contributed by atoms with Gasteiger partial charge in [-0.2, -0.15) is 0 Å². The minimum absolute atomic E-state index is 0.00328. The van der Waals surface area contributed by atoms with Gasteiger partial charge in [-0.05, 0) is 37.1 Å². The van der Waals surface area contributed by atoms with Gasteiger partial charge in [0, 0.05) is 6.07 Å². The first kappa shape index (κ1) is 20.3. The zero-order chi connectivity index (χ0) is 21.8. The molecule has 31 heavy (non-hydrogen) atoms. The summed E-state index contributed by atoms with van der Waals surface area (Å²) in [5.74, 6) is -0.0207. The van der Waals surface area contributed by atoms with Crippen LogP contribution in [0.15, 0.2) is 59.4 Å². The summed E-state index contributed by atoms with van der Waals surface area (Å²) < 4.78 is 25.7. The van der Waals surface area contributed by atoms with Crippen LogP contribution in [0.5, 0.6) is 5.75 Å². The summed E-state index contributed by atoms with van der Waals surface area (Å²) in [5.41, 5.74) is 2.77. The van der Waals surface area contributed by atoms with Gasteiger partial charge in [-0.3, -0.25) is 10.1 Å². The highest BCUT2D eigenvalue weighted by molar-refractivity contribution is 6.02. The number of halogens is 1. The van der Waals surface area contributed by atoms with E-state index in [-0.39, 0.29) is 18.2 Å². The Morgan fingerprint density at radius 3 is 2.84 bits per heavy atom. The SMILES string of the molecule is Cc1ccccc1Cn1cnc(NC(=O)c2noc(C)c2COc2cccc(F)c2)n1. The first-order valence-corrected chi connectivity index (χ1v) is 9.58. The number of carbonyl (C=O) groups excluding carboxylic acids is 1. The topological polar surface area (TPSA) is 95.1 Å². The summed E-state index contributed by atoms with van der Waals surface area (Å²) in [4.78, 5) is 16.8. The fraction of sp³-hybridized carbons (Fsp3) is 0.182. The number of hydrogen-bond donors (Lipinski definition) is 1. The Labute approximate surface area is 177 Å². The number of nitrogens with zero attached hydrogens (tertiary/aromatic N) is 4. The minimum Gasteiger partial charge on any atom is -0.489 e. The van der Waals surface area contributed by atoms with E-state index in [2.05, 4.69) is 20.6 Å². The molecular weight excluding hydrogens is 401 g/mol. The van der Waals surface area contributed by atoms with Gasteiger partial charge >= 0.3 is 0 Å². The smallest absolute Gasteiger partial charge is 0.280 e. The lowest BCUT2D eigenvalue weighted by Crippen LogP contribution is -2.16. The number of hydrogen-bond acceptors (Lipinski definition) is 6. The Balaban J connectivity index is 1.43. The molecule has 0 spiro atoms. The number of amides is 1. The van der Waals surface area contributed by atoms with Crippen LogP contribution in [0, 0.1) is 19.7 Å². The molecule has 2 aromatic carbocycles. The molecule has 8 nitrogen and oxygen atoms in total. The van der Waals surface area contributed by atoms with Crippen LogP contribution in [-0.2, 0) is 13.2 Å². The van der Waals surface area contributed by atoms with Gasteiger partial charge in [-0.1, -0.05) is 35.5 Å². The average molecular weight is 421 g/mol. The molecule has 0 aliphatic heterocycles. The molecule has 4 rings (SSSR count). The number of rotatable bonds is 7. The zero-order valence-electron chi connectivity index (χ0n) is 17.0. The molecule has 0 saturated heterocycles. The lowest BCUT2D eigenvalue weighted by molar-refractivity contribution is 0.101. The molecule has 0 radical (unpaired) electrons. The third-order valence-electron chi connectivity index (χ3n) is 4.73. The molecule has 1 amide bonds. The fourth-order valence-corrected chi connectivity index (χ4v) is 3.00. The lowest BCUT2D eigenvalue weighted by atomic mass is 10.1. The second kappa shape index (κ2) is 8.78. The van der Waals surface area contributed by atoms with E-state index in [1.54, 1.807) is 24.0 Å². The number of nitrogens with one attached hydrogen (secondary N) is 1. The number of anilines is 1. The second-order valence-electron chi connectivity index (χ2n) is 6.96. The first-order chi connectivity index (χ1) is 15.0. The van der Waals surface area contributed by atoms with Crippen molar-refractivity contribution in [3.8, 4) is 5.75 Å². The highest BCUT2D eigenvalue weighted by Gasteiger charge is 2.21. The normalized spacial score (nSPS) is 10.8. The molecule has 0 saturated carbocycles. The van der Waals surface area contributed by atoms with E-state index in [1.165, 1.54) is 18.2 Å². The van der Waals surface area contributed by atoms with Gasteiger partial charge in [-0.15, -0.1) is 5.10 Å². The Hall–Kier alpha value is -4.01. The van der Waals surface area contributed by atoms with Gasteiger partial charge in [0.1, 0.15) is 30.3 Å². The van der Waals surface area contributed by atoms with Gasteiger partial charge in [0.15, 0.2) is 5.69 Å². The van der Waals surface area contributed by atoms with Crippen molar-refractivity contribution in [2.45, 2.75) is 27.0 Å². The Morgan fingerprint density at radius 1 is 1.19 bits per heavy atom. The van der Waals surface area contributed by atoms with Crippen molar-refractivity contribution in [3.63, 3.8) is 0 Å². The Morgan fingerprint density at radius 2 is 2.03 bits per heavy atom. The van der Waals surface area contributed by atoms with Crippen molar-refractivity contribution < 1.29 is 18.4 Å². The number of aryl methyl sites for hydroxylation is 2. The number of carbonyl (C=O) groups is 1. The third kappa shape index (κ3) is 4.77. The van der Waals surface area contributed by atoms with Gasteiger partial charge in [-0.25, -0.2) is 14.1 Å². The summed E-state index contributed by atoms with van der Waals surface area (Å²) in [6.07, 6.45) is 1.55. The summed E-state index contributed by atoms with van der Waals surface area (Å²) in [6.45, 7) is 4.22. The Bertz CT molecular complexity index is 1220. The van der Waals surface area contributed by atoms with Crippen molar-refractivity contribution >= 4 is 11.9 Å². The van der Waals surface area contributed by atoms with Gasteiger partial charge < -0.3 is 9.26 Å². The van der Waals surface area contributed by atoms with Gasteiger partial charge in [0.25, 0.3) is 5.91 Å². The Kier molecular flexibility index (Phi) is 5.74. The molecule has 0 unspecified atom stereocenters. The quantitative estimate of drug-likeness (QED) is 0.486. The van der Waals surface area contributed by atoms with Gasteiger partial charge in [0.2, 0.25) is 5.95 Å². The second-order valence-corrected chi connectivity index (χ2v) is 6.96. The van der Waals surface area contributed by atoms with Crippen molar-refractivity contribution in [1.82, 2.24) is 19.9 Å². The van der Waals surface area contributed by atoms with Crippen molar-refractivity contribution in [3.05, 3.63) is 88.8 Å². The van der Waals surface area contributed by atoms with Crippen LogP contribution in [-0.4, -0.2) is 25.8 Å². The maximum absolute atomic E-state index is 13.3. The molecule has 9 heteroatoms. The van der Waals surface area contributed by atoms with Crippen LogP contribution in [0.3, 0.4) is 0 Å². The molecule has 0 atom stereocenters. The molecular formula is C22H20FN5O3. The van der Waals surface area contributed by atoms with E-state index in [0.717, 1.165) is 11.1 Å². The highest BCUT2D eigenvalue weighted by atomic mass is 19.1. The summed E-state index contributed by atoms with van der Waals surface area (Å²) in [5, 5.41) is 10.7. The predicted molar refractivity (Wildman–Crippen MR) is 110 cm³/mol. The maximum atomic E-state index is 13.3. The van der Waals surface area contributed by atoms with Crippen LogP contribution in [0.2, 0.25) is 0 Å². The molecule has 1 N–H and O–H groups in total. The van der Waals surface area contributed by atoms with E-state index in [9.17, 15) is 9.18 Å². The van der Waals surface area contributed by atoms with E-state index in [1.807, 2.05) is 31.2 Å². The van der Waals surface area contributed by atoms with E-state index in [4.69, 9.17) is 9.26 Å². The zero-order valence-corrected chi connectivity index (χ0v) is 17.0. The predicted octanol–water partition coefficient (Wildman–Crippen LogP) is 3.90. The molecule has 0 aliphatic carbocycles. The fourth-order valence-electron chi connectivity index (χ4n) is 3.00. The van der Waals surface area contributed by atoms with Crippen molar-refractivity contribution in [2.75, 3.05) is 5.32 Å². The molecule has 2 aromatic heterocycles. The van der Waals surface area contributed by atoms with Gasteiger partial charge in [0.05, 0.1) is 12.1 Å². The maximum Gasteiger partial charge on any atom is 0.280 e. The number of aromatic nitrogens is 4. The largest absolute Gasteiger partial charge is 0.489 e. The molecule has 0 fully saturated rings.